The van der Waals surface area contributed by atoms with Gasteiger partial charge in [0.05, 0.1) is 5.92 Å². The number of carboxylic acid groups (broad SMARTS) is 1. The van der Waals surface area contributed by atoms with Crippen LogP contribution in [0.25, 0.3) is 0 Å². The monoisotopic (exact) mass is 293 g/mol. The van der Waals surface area contributed by atoms with Crippen molar-refractivity contribution in [2.75, 3.05) is 13.1 Å². The Labute approximate surface area is 126 Å². The minimum atomic E-state index is -0.753. The zero-order valence-corrected chi connectivity index (χ0v) is 13.0. The van der Waals surface area contributed by atoms with E-state index in [9.17, 15) is 14.7 Å². The van der Waals surface area contributed by atoms with Crippen LogP contribution < -0.4 is 0 Å². The fourth-order valence-electron chi connectivity index (χ4n) is 4.95. The summed E-state index contributed by atoms with van der Waals surface area (Å²) in [7, 11) is 0. The fraction of sp³-hybridized carbons (Fsp3) is 0.882. The molecule has 4 nitrogen and oxygen atoms in total. The van der Waals surface area contributed by atoms with Gasteiger partial charge in [-0.2, -0.15) is 0 Å². The highest BCUT2D eigenvalue weighted by atomic mass is 16.4. The molecular weight excluding hydrogens is 266 g/mol. The molecule has 3 unspecified atom stereocenters. The van der Waals surface area contributed by atoms with E-state index in [-0.39, 0.29) is 23.7 Å². The lowest BCUT2D eigenvalue weighted by molar-refractivity contribution is -0.143. The van der Waals surface area contributed by atoms with E-state index in [0.717, 1.165) is 12.3 Å². The van der Waals surface area contributed by atoms with Crippen molar-refractivity contribution in [3.8, 4) is 0 Å². The fourth-order valence-corrected chi connectivity index (χ4v) is 4.95. The molecule has 2 aliphatic carbocycles. The van der Waals surface area contributed by atoms with E-state index in [1.54, 1.807) is 0 Å². The molecule has 0 aromatic heterocycles. The molecule has 4 heteroatoms. The molecule has 3 rings (SSSR count). The van der Waals surface area contributed by atoms with Crippen LogP contribution in [0.15, 0.2) is 0 Å². The number of carbonyl (C=O) groups excluding carboxylic acids is 1. The van der Waals surface area contributed by atoms with Crippen LogP contribution in [-0.4, -0.2) is 35.0 Å². The van der Waals surface area contributed by atoms with Crippen molar-refractivity contribution in [3.63, 3.8) is 0 Å². The van der Waals surface area contributed by atoms with Gasteiger partial charge in [0, 0.05) is 19.0 Å². The van der Waals surface area contributed by atoms with Gasteiger partial charge >= 0.3 is 5.97 Å². The molecule has 0 aromatic rings. The van der Waals surface area contributed by atoms with Gasteiger partial charge in [-0.3, -0.25) is 9.59 Å². The quantitative estimate of drug-likeness (QED) is 0.851. The largest absolute Gasteiger partial charge is 0.481 e. The lowest BCUT2D eigenvalue weighted by Gasteiger charge is -2.41. The van der Waals surface area contributed by atoms with Crippen molar-refractivity contribution in [2.45, 2.75) is 51.9 Å². The predicted molar refractivity (Wildman–Crippen MR) is 79.7 cm³/mol. The standard InChI is InChI=1S/C17H27NO3/c1-11-9-18(10-15(11)17(20)21)16(19)14-8-4-6-12-5-2-3-7-13(12)14/h11-15H,2-10H2,1H3,(H,20,21)/t11-,12?,13?,14?,15-/m1/s1. The van der Waals surface area contributed by atoms with E-state index in [4.69, 9.17) is 0 Å². The highest BCUT2D eigenvalue weighted by Crippen LogP contribution is 2.44. The molecule has 2 saturated carbocycles. The molecule has 1 heterocycles. The summed E-state index contributed by atoms with van der Waals surface area (Å²) >= 11 is 0. The van der Waals surface area contributed by atoms with Crippen LogP contribution in [0.1, 0.15) is 51.9 Å². The van der Waals surface area contributed by atoms with Gasteiger partial charge in [-0.1, -0.05) is 39.0 Å². The minimum Gasteiger partial charge on any atom is -0.481 e. The average Bonchev–Trinajstić information content (AvgIpc) is 2.88. The summed E-state index contributed by atoms with van der Waals surface area (Å²) < 4.78 is 0. The molecule has 3 aliphatic rings. The Bertz CT molecular complexity index is 420. The van der Waals surface area contributed by atoms with E-state index >= 15 is 0 Å². The topological polar surface area (TPSA) is 57.6 Å². The number of hydrogen-bond donors (Lipinski definition) is 1. The Kier molecular flexibility index (Phi) is 4.23. The van der Waals surface area contributed by atoms with Crippen LogP contribution in [-0.2, 0) is 9.59 Å². The van der Waals surface area contributed by atoms with Gasteiger partial charge in [0.15, 0.2) is 0 Å². The van der Waals surface area contributed by atoms with Crippen molar-refractivity contribution in [3.05, 3.63) is 0 Å². The Hall–Kier alpha value is -1.06. The molecule has 0 aromatic carbocycles. The smallest absolute Gasteiger partial charge is 0.308 e. The molecule has 21 heavy (non-hydrogen) atoms. The Morgan fingerprint density at radius 3 is 2.38 bits per heavy atom. The summed E-state index contributed by atoms with van der Waals surface area (Å²) in [5, 5.41) is 9.24. The van der Waals surface area contributed by atoms with Gasteiger partial charge in [-0.05, 0) is 30.6 Å². The highest BCUT2D eigenvalue weighted by molar-refractivity contribution is 5.81. The number of fused-ring (bicyclic) bond motifs is 1. The molecule has 3 fully saturated rings. The third kappa shape index (κ3) is 2.82. The highest BCUT2D eigenvalue weighted by Gasteiger charge is 2.43. The van der Waals surface area contributed by atoms with E-state index < -0.39 is 5.97 Å². The van der Waals surface area contributed by atoms with E-state index in [2.05, 4.69) is 0 Å². The maximum absolute atomic E-state index is 12.9. The summed E-state index contributed by atoms with van der Waals surface area (Å²) in [5.41, 5.74) is 0. The minimum absolute atomic E-state index is 0.0807. The maximum atomic E-state index is 12.9. The van der Waals surface area contributed by atoms with Crippen LogP contribution in [0, 0.1) is 29.6 Å². The molecular formula is C17H27NO3. The molecule has 0 bridgehead atoms. The van der Waals surface area contributed by atoms with Crippen molar-refractivity contribution in [2.24, 2.45) is 29.6 Å². The molecule has 1 N–H and O–H groups in total. The second kappa shape index (κ2) is 5.98. The van der Waals surface area contributed by atoms with Crippen LogP contribution >= 0.6 is 0 Å². The molecule has 5 atom stereocenters. The molecule has 0 radical (unpaired) electrons. The first-order chi connectivity index (χ1) is 10.1. The van der Waals surface area contributed by atoms with E-state index in [0.29, 0.717) is 19.0 Å². The van der Waals surface area contributed by atoms with Crippen LogP contribution in [0.2, 0.25) is 0 Å². The van der Waals surface area contributed by atoms with Gasteiger partial charge in [0.2, 0.25) is 5.91 Å². The Balaban J connectivity index is 1.68. The third-order valence-electron chi connectivity index (χ3n) is 6.13. The van der Waals surface area contributed by atoms with Crippen molar-refractivity contribution in [1.82, 2.24) is 4.90 Å². The summed E-state index contributed by atoms with van der Waals surface area (Å²) in [5.74, 6) is 0.691. The third-order valence-corrected chi connectivity index (χ3v) is 6.13. The number of carboxylic acids is 1. The lowest BCUT2D eigenvalue weighted by atomic mass is 9.65. The lowest BCUT2D eigenvalue weighted by Crippen LogP contribution is -2.43. The number of likely N-dealkylation sites (tertiary alicyclic amines) is 1. The zero-order chi connectivity index (χ0) is 15.0. The summed E-state index contributed by atoms with van der Waals surface area (Å²) in [6, 6.07) is 0. The first kappa shape index (κ1) is 14.9. The van der Waals surface area contributed by atoms with Gasteiger partial charge < -0.3 is 10.0 Å². The molecule has 118 valence electrons. The molecule has 1 aliphatic heterocycles. The van der Waals surface area contributed by atoms with Gasteiger partial charge in [0.1, 0.15) is 0 Å². The first-order valence-corrected chi connectivity index (χ1v) is 8.59. The first-order valence-electron chi connectivity index (χ1n) is 8.59. The number of carbonyl (C=O) groups is 2. The molecule has 1 saturated heterocycles. The zero-order valence-electron chi connectivity index (χ0n) is 13.0. The van der Waals surface area contributed by atoms with Crippen LogP contribution in [0.3, 0.4) is 0 Å². The number of nitrogens with zero attached hydrogens (tertiary/aromatic N) is 1. The predicted octanol–water partition coefficient (Wildman–Crippen LogP) is 2.77. The second-order valence-corrected chi connectivity index (χ2v) is 7.41. The Morgan fingerprint density at radius 2 is 1.67 bits per heavy atom. The number of rotatable bonds is 2. The molecule has 1 amide bonds. The van der Waals surface area contributed by atoms with Gasteiger partial charge in [-0.25, -0.2) is 0 Å². The van der Waals surface area contributed by atoms with E-state index in [1.165, 1.54) is 38.5 Å². The molecule has 0 spiro atoms. The van der Waals surface area contributed by atoms with Crippen molar-refractivity contribution >= 4 is 11.9 Å². The number of amides is 1. The Morgan fingerprint density at radius 1 is 0.952 bits per heavy atom. The normalized spacial score (nSPS) is 39.9. The number of hydrogen-bond acceptors (Lipinski definition) is 2. The summed E-state index contributed by atoms with van der Waals surface area (Å²) in [6.45, 7) is 3.00. The van der Waals surface area contributed by atoms with E-state index in [1.807, 2.05) is 11.8 Å². The van der Waals surface area contributed by atoms with Crippen molar-refractivity contribution < 1.29 is 14.7 Å². The van der Waals surface area contributed by atoms with Gasteiger partial charge in [0.25, 0.3) is 0 Å². The van der Waals surface area contributed by atoms with Crippen LogP contribution in [0.5, 0.6) is 0 Å². The SMILES string of the molecule is C[C@@H]1CN(C(=O)C2CCCC3CCCCC32)C[C@H]1C(=O)O. The number of aliphatic carboxylic acids is 1. The second-order valence-electron chi connectivity index (χ2n) is 7.41. The summed E-state index contributed by atoms with van der Waals surface area (Å²) in [4.78, 5) is 26.0. The maximum Gasteiger partial charge on any atom is 0.308 e. The summed E-state index contributed by atoms with van der Waals surface area (Å²) in [6.07, 6.45) is 8.56. The van der Waals surface area contributed by atoms with Crippen LogP contribution in [0.4, 0.5) is 0 Å². The van der Waals surface area contributed by atoms with Gasteiger partial charge in [-0.15, -0.1) is 0 Å². The average molecular weight is 293 g/mol. The van der Waals surface area contributed by atoms with Crippen molar-refractivity contribution in [1.29, 1.82) is 0 Å².